The van der Waals surface area contributed by atoms with Crippen molar-refractivity contribution in [2.45, 2.75) is 0 Å². The molecule has 3 aromatic rings. The molecule has 7 heteroatoms. The zero-order chi connectivity index (χ0) is 13.6. The minimum atomic E-state index is -0.659. The molecule has 0 aliphatic rings. The van der Waals surface area contributed by atoms with Crippen LogP contribution in [-0.2, 0) is 7.05 Å². The molecule has 0 fully saturated rings. The third-order valence-corrected chi connectivity index (χ3v) is 2.84. The molecule has 0 aliphatic carbocycles. The van der Waals surface area contributed by atoms with E-state index in [0.717, 1.165) is 0 Å². The third-order valence-electron chi connectivity index (χ3n) is 2.84. The smallest absolute Gasteiger partial charge is 0.405 e. The lowest BCUT2D eigenvalue weighted by atomic mass is 10.2. The van der Waals surface area contributed by atoms with Gasteiger partial charge in [-0.2, -0.15) is 5.10 Å². The molecular formula is C12H8FN3O3. The first-order valence-electron chi connectivity index (χ1n) is 5.39. The van der Waals surface area contributed by atoms with Gasteiger partial charge in [0, 0.05) is 19.3 Å². The first-order chi connectivity index (χ1) is 9.10. The average molecular weight is 261 g/mol. The highest BCUT2D eigenvalue weighted by molar-refractivity contribution is 5.77. The number of fused-ring (bicyclic) bond motifs is 1. The van der Waals surface area contributed by atoms with Gasteiger partial charge in [-0.3, -0.25) is 9.36 Å². The maximum atomic E-state index is 13.9. The van der Waals surface area contributed by atoms with Crippen molar-refractivity contribution in [1.82, 2.24) is 14.3 Å². The number of hydrogen-bond acceptors (Lipinski definition) is 4. The monoisotopic (exact) mass is 261 g/mol. The van der Waals surface area contributed by atoms with Crippen LogP contribution in [0.15, 0.2) is 33.7 Å². The second-order valence-electron chi connectivity index (χ2n) is 4.04. The summed E-state index contributed by atoms with van der Waals surface area (Å²) in [5.41, 5.74) is 0.998. The van der Waals surface area contributed by atoms with E-state index >= 15 is 0 Å². The van der Waals surface area contributed by atoms with E-state index in [2.05, 4.69) is 5.10 Å². The summed E-state index contributed by atoms with van der Waals surface area (Å²) in [6, 6.07) is 2.75. The van der Waals surface area contributed by atoms with Gasteiger partial charge in [0.05, 0.1) is 23.0 Å². The molecule has 2 heterocycles. The van der Waals surface area contributed by atoms with Crippen LogP contribution in [0.1, 0.15) is 10.4 Å². The average Bonchev–Trinajstić information content (AvgIpc) is 2.97. The van der Waals surface area contributed by atoms with Gasteiger partial charge in [-0.25, -0.2) is 13.9 Å². The molecule has 0 spiro atoms. The van der Waals surface area contributed by atoms with Crippen LogP contribution in [0.3, 0.4) is 0 Å². The normalized spacial score (nSPS) is 11.1. The maximum Gasteiger partial charge on any atom is 0.419 e. The highest BCUT2D eigenvalue weighted by Gasteiger charge is 2.13. The summed E-state index contributed by atoms with van der Waals surface area (Å²) in [6.07, 6.45) is 3.47. The number of rotatable bonds is 2. The van der Waals surface area contributed by atoms with Gasteiger partial charge in [-0.1, -0.05) is 0 Å². The molecule has 0 bridgehead atoms. The number of aldehydes is 1. The lowest BCUT2D eigenvalue weighted by Crippen LogP contribution is -2.08. The summed E-state index contributed by atoms with van der Waals surface area (Å²) >= 11 is 0. The number of nitrogens with zero attached hydrogens (tertiary/aromatic N) is 3. The first-order valence-corrected chi connectivity index (χ1v) is 5.39. The third kappa shape index (κ3) is 1.67. The molecule has 96 valence electrons. The molecule has 3 rings (SSSR count). The van der Waals surface area contributed by atoms with Crippen LogP contribution >= 0.6 is 0 Å². The highest BCUT2D eigenvalue weighted by Crippen LogP contribution is 2.21. The predicted molar refractivity (Wildman–Crippen MR) is 63.9 cm³/mol. The van der Waals surface area contributed by atoms with Crippen LogP contribution in [-0.4, -0.2) is 20.6 Å². The molecule has 0 unspecified atom stereocenters. The molecule has 0 atom stereocenters. The Morgan fingerprint density at radius 1 is 1.42 bits per heavy atom. The Morgan fingerprint density at radius 3 is 2.89 bits per heavy atom. The quantitative estimate of drug-likeness (QED) is 0.651. The molecule has 0 saturated heterocycles. The molecular weight excluding hydrogens is 253 g/mol. The number of hydrogen-bond donors (Lipinski definition) is 0. The number of aromatic nitrogens is 3. The largest absolute Gasteiger partial charge is 0.419 e. The maximum absolute atomic E-state index is 13.9. The van der Waals surface area contributed by atoms with E-state index in [4.69, 9.17) is 4.42 Å². The van der Waals surface area contributed by atoms with Crippen LogP contribution in [0.5, 0.6) is 0 Å². The molecule has 0 N–H and O–H groups in total. The van der Waals surface area contributed by atoms with Crippen molar-refractivity contribution < 1.29 is 13.6 Å². The number of oxazole rings is 1. The molecule has 0 aliphatic heterocycles. The van der Waals surface area contributed by atoms with Gasteiger partial charge < -0.3 is 4.42 Å². The van der Waals surface area contributed by atoms with Crippen LogP contribution in [0.2, 0.25) is 0 Å². The van der Waals surface area contributed by atoms with Crippen molar-refractivity contribution in [3.8, 4) is 5.69 Å². The minimum Gasteiger partial charge on any atom is -0.405 e. The molecule has 2 aromatic heterocycles. The number of carbonyl (C=O) groups is 1. The van der Waals surface area contributed by atoms with Gasteiger partial charge in [0.15, 0.2) is 17.7 Å². The summed E-state index contributed by atoms with van der Waals surface area (Å²) in [5.74, 6) is -1.30. The minimum absolute atomic E-state index is 0.0981. The van der Waals surface area contributed by atoms with Gasteiger partial charge >= 0.3 is 5.76 Å². The Hall–Kier alpha value is -2.70. The Morgan fingerprint density at radius 2 is 2.21 bits per heavy atom. The van der Waals surface area contributed by atoms with Crippen molar-refractivity contribution in [2.75, 3.05) is 0 Å². The van der Waals surface area contributed by atoms with Gasteiger partial charge in [0.1, 0.15) is 0 Å². The Labute approximate surface area is 105 Å². The van der Waals surface area contributed by atoms with Crippen molar-refractivity contribution in [1.29, 1.82) is 0 Å². The number of benzene rings is 1. The molecule has 1 aromatic carbocycles. The number of aryl methyl sites for hydroxylation is 1. The molecule has 0 radical (unpaired) electrons. The number of halogens is 1. The summed E-state index contributed by atoms with van der Waals surface area (Å²) in [4.78, 5) is 21.9. The molecule has 0 saturated carbocycles. The van der Waals surface area contributed by atoms with Crippen LogP contribution in [0, 0.1) is 5.82 Å². The summed E-state index contributed by atoms with van der Waals surface area (Å²) < 4.78 is 21.2. The van der Waals surface area contributed by atoms with Crippen LogP contribution < -0.4 is 5.76 Å². The Bertz CT molecular complexity index is 844. The topological polar surface area (TPSA) is 70.0 Å². The van der Waals surface area contributed by atoms with E-state index in [1.807, 2.05) is 0 Å². The fourth-order valence-electron chi connectivity index (χ4n) is 1.84. The van der Waals surface area contributed by atoms with Crippen LogP contribution in [0.4, 0.5) is 4.39 Å². The molecule has 0 amide bonds. The van der Waals surface area contributed by atoms with E-state index in [0.29, 0.717) is 23.1 Å². The van der Waals surface area contributed by atoms with Gasteiger partial charge in [0.2, 0.25) is 0 Å². The van der Waals surface area contributed by atoms with Gasteiger partial charge in [-0.15, -0.1) is 0 Å². The fraction of sp³-hybridized carbons (Fsp3) is 0.0833. The van der Waals surface area contributed by atoms with E-state index < -0.39 is 11.6 Å². The van der Waals surface area contributed by atoms with Crippen LogP contribution in [0.25, 0.3) is 16.8 Å². The van der Waals surface area contributed by atoms with E-state index in [-0.39, 0.29) is 5.58 Å². The second-order valence-corrected chi connectivity index (χ2v) is 4.04. The van der Waals surface area contributed by atoms with E-state index in [1.165, 1.54) is 34.8 Å². The fourth-order valence-corrected chi connectivity index (χ4v) is 1.84. The Balaban J connectivity index is 2.27. The summed E-state index contributed by atoms with van der Waals surface area (Å²) in [5, 5.41) is 3.94. The summed E-state index contributed by atoms with van der Waals surface area (Å²) in [7, 11) is 1.48. The first kappa shape index (κ1) is 11.4. The highest BCUT2D eigenvalue weighted by atomic mass is 19.1. The number of carbonyl (C=O) groups excluding carboxylic acids is 1. The van der Waals surface area contributed by atoms with Crippen molar-refractivity contribution >= 4 is 17.4 Å². The van der Waals surface area contributed by atoms with Gasteiger partial charge in [0.25, 0.3) is 0 Å². The van der Waals surface area contributed by atoms with Gasteiger partial charge in [-0.05, 0) is 6.07 Å². The zero-order valence-electron chi connectivity index (χ0n) is 9.83. The molecule has 6 nitrogen and oxygen atoms in total. The summed E-state index contributed by atoms with van der Waals surface area (Å²) in [6.45, 7) is 0. The lowest BCUT2D eigenvalue weighted by Gasteiger charge is -2.02. The second kappa shape index (κ2) is 3.91. The molecule has 19 heavy (non-hydrogen) atoms. The van der Waals surface area contributed by atoms with Crippen molar-refractivity contribution in [2.24, 2.45) is 7.05 Å². The van der Waals surface area contributed by atoms with E-state index in [9.17, 15) is 14.0 Å². The van der Waals surface area contributed by atoms with Crippen molar-refractivity contribution in [3.63, 3.8) is 0 Å². The lowest BCUT2D eigenvalue weighted by molar-refractivity contribution is 0.112. The Kier molecular flexibility index (Phi) is 2.34. The standard InChI is InChI=1S/C12H8FN3O3/c1-15-10-3-8(16-5-7(6-17)4-14-16)2-9(13)11(10)19-12(15)18/h2-6H,1H3. The predicted octanol–water partition coefficient (Wildman–Crippen LogP) is 1.27. The SMILES string of the molecule is Cn1c(=O)oc2c(F)cc(-n3cc(C=O)cn3)cc21. The van der Waals surface area contributed by atoms with E-state index in [1.54, 1.807) is 6.07 Å². The van der Waals surface area contributed by atoms with Crippen molar-refractivity contribution in [3.05, 3.63) is 46.5 Å². The zero-order valence-corrected chi connectivity index (χ0v) is 9.83.